The Hall–Kier alpha value is -2.92. The van der Waals surface area contributed by atoms with Gasteiger partial charge in [-0.15, -0.1) is 0 Å². The molecule has 0 saturated carbocycles. The van der Waals surface area contributed by atoms with Crippen molar-refractivity contribution >= 4 is 35.8 Å². The maximum absolute atomic E-state index is 12.2. The minimum atomic E-state index is -0.821. The van der Waals surface area contributed by atoms with E-state index in [0.717, 1.165) is 32.1 Å². The average molecular weight is 508 g/mol. The molecule has 1 amide bonds. The van der Waals surface area contributed by atoms with Crippen LogP contribution in [0.3, 0.4) is 0 Å². The van der Waals surface area contributed by atoms with E-state index in [0.29, 0.717) is 36.7 Å². The lowest BCUT2D eigenvalue weighted by atomic mass is 9.96. The van der Waals surface area contributed by atoms with Crippen LogP contribution in [0.5, 0.6) is 0 Å². The van der Waals surface area contributed by atoms with Gasteiger partial charge in [-0.3, -0.25) is 14.4 Å². The van der Waals surface area contributed by atoms with Crippen LogP contribution in [0, 0.1) is 5.41 Å². The number of anilines is 1. The van der Waals surface area contributed by atoms with Crippen molar-refractivity contribution in [3.8, 4) is 0 Å². The lowest BCUT2D eigenvalue weighted by Gasteiger charge is -2.28. The number of carbonyl (C=O) groups is 3. The van der Waals surface area contributed by atoms with E-state index in [4.69, 9.17) is 4.74 Å². The van der Waals surface area contributed by atoms with E-state index in [1.54, 1.807) is 17.3 Å². The minimum absolute atomic E-state index is 0.117. The minimum Gasteiger partial charge on any atom is -0.469 e. The standard InChI is InChI=1S/C25H41N5O6/c1-25(2,3)24(34)29-19-15-17-21(28-19)27-16-30(22(17)32)14-10-8-6-7-9-13-26-18(23(33)36-5)11-12-20(31)35-4/h15-16,18,22,26,28,32H,6-14H2,1-5H3,(H,29,34)/t18-,22?/m1/s1. The molecule has 2 atom stereocenters. The third-order valence-electron chi connectivity index (χ3n) is 6.02. The summed E-state index contributed by atoms with van der Waals surface area (Å²) in [5.41, 5.74) is 0.114. The average Bonchev–Trinajstić information content (AvgIpc) is 3.25. The van der Waals surface area contributed by atoms with Gasteiger partial charge in [-0.05, 0) is 31.9 Å². The first kappa shape index (κ1) is 29.3. The van der Waals surface area contributed by atoms with Crippen LogP contribution in [0.15, 0.2) is 11.1 Å². The molecule has 1 aliphatic rings. The highest BCUT2D eigenvalue weighted by atomic mass is 16.5. The monoisotopic (exact) mass is 507 g/mol. The Labute approximate surface area is 213 Å². The fraction of sp³-hybridized carbons (Fsp3) is 0.680. The first-order valence-corrected chi connectivity index (χ1v) is 12.5. The first-order chi connectivity index (χ1) is 17.1. The summed E-state index contributed by atoms with van der Waals surface area (Å²) in [4.78, 5) is 44.6. The number of ether oxygens (including phenoxy) is 2. The van der Waals surface area contributed by atoms with Crippen LogP contribution in [-0.2, 0) is 23.9 Å². The molecule has 0 aromatic carbocycles. The molecule has 0 radical (unpaired) electrons. The van der Waals surface area contributed by atoms with Gasteiger partial charge in [0.2, 0.25) is 5.91 Å². The van der Waals surface area contributed by atoms with Gasteiger partial charge in [-0.25, -0.2) is 4.99 Å². The Morgan fingerprint density at radius 2 is 1.83 bits per heavy atom. The van der Waals surface area contributed by atoms with Crippen molar-refractivity contribution in [1.29, 1.82) is 0 Å². The second kappa shape index (κ2) is 14.0. The summed E-state index contributed by atoms with van der Waals surface area (Å²) in [5, 5.41) is 16.7. The van der Waals surface area contributed by atoms with E-state index in [9.17, 15) is 19.5 Å². The van der Waals surface area contributed by atoms with Gasteiger partial charge in [-0.2, -0.15) is 0 Å². The number of hydrogen-bond acceptors (Lipinski definition) is 9. The number of H-pyrrole nitrogens is 1. The fourth-order valence-corrected chi connectivity index (χ4v) is 3.73. The van der Waals surface area contributed by atoms with Crippen LogP contribution in [0.4, 0.5) is 11.6 Å². The van der Waals surface area contributed by atoms with Crippen LogP contribution in [-0.4, -0.2) is 72.5 Å². The molecule has 0 fully saturated rings. The second-order valence-corrected chi connectivity index (χ2v) is 9.96. The van der Waals surface area contributed by atoms with Gasteiger partial charge in [0.1, 0.15) is 17.7 Å². The van der Waals surface area contributed by atoms with Crippen LogP contribution >= 0.6 is 0 Å². The number of carbonyl (C=O) groups excluding carboxylic acids is 3. The number of methoxy groups -OCH3 is 2. The van der Waals surface area contributed by atoms with Gasteiger partial charge < -0.3 is 35.1 Å². The van der Waals surface area contributed by atoms with Gasteiger partial charge in [0.05, 0.1) is 20.6 Å². The van der Waals surface area contributed by atoms with Crippen molar-refractivity contribution in [2.45, 2.75) is 78.0 Å². The number of amides is 1. The number of esters is 2. The number of nitrogens with zero attached hydrogens (tertiary/aromatic N) is 2. The fourth-order valence-electron chi connectivity index (χ4n) is 3.73. The smallest absolute Gasteiger partial charge is 0.322 e. The summed E-state index contributed by atoms with van der Waals surface area (Å²) >= 11 is 0. The molecular formula is C25H41N5O6. The number of nitrogens with one attached hydrogen (secondary N) is 3. The zero-order valence-electron chi connectivity index (χ0n) is 22.1. The van der Waals surface area contributed by atoms with E-state index in [-0.39, 0.29) is 24.3 Å². The largest absolute Gasteiger partial charge is 0.469 e. The van der Waals surface area contributed by atoms with E-state index in [2.05, 4.69) is 25.3 Å². The number of aliphatic hydroxyl groups is 1. The lowest BCUT2D eigenvalue weighted by Crippen LogP contribution is -2.38. The summed E-state index contributed by atoms with van der Waals surface area (Å²) in [5.74, 6) is 0.220. The van der Waals surface area contributed by atoms with Gasteiger partial charge in [0.25, 0.3) is 0 Å². The van der Waals surface area contributed by atoms with E-state index in [1.165, 1.54) is 14.2 Å². The van der Waals surface area contributed by atoms with Crippen LogP contribution in [0.1, 0.15) is 77.5 Å². The number of hydrogen-bond donors (Lipinski definition) is 4. The lowest BCUT2D eigenvalue weighted by molar-refractivity contribution is -0.144. The van der Waals surface area contributed by atoms with E-state index >= 15 is 0 Å². The molecule has 11 nitrogen and oxygen atoms in total. The van der Waals surface area contributed by atoms with Crippen molar-refractivity contribution < 1.29 is 29.0 Å². The molecule has 1 aliphatic heterocycles. The molecule has 0 spiro atoms. The van der Waals surface area contributed by atoms with Gasteiger partial charge >= 0.3 is 11.9 Å². The molecule has 0 bridgehead atoms. The number of unbranched alkanes of at least 4 members (excludes halogenated alkanes) is 4. The number of fused-ring (bicyclic) bond motifs is 1. The summed E-state index contributed by atoms with van der Waals surface area (Å²) in [6, 6.07) is 1.21. The van der Waals surface area contributed by atoms with Crippen molar-refractivity contribution in [2.75, 3.05) is 32.6 Å². The Bertz CT molecular complexity index is 907. The Kier molecular flexibility index (Phi) is 11.4. The number of aliphatic imine (C=N–C) groups is 1. The topological polar surface area (TPSA) is 145 Å². The van der Waals surface area contributed by atoms with Crippen molar-refractivity contribution in [2.24, 2.45) is 10.4 Å². The third-order valence-corrected chi connectivity index (χ3v) is 6.02. The first-order valence-electron chi connectivity index (χ1n) is 12.5. The quantitative estimate of drug-likeness (QED) is 0.222. The van der Waals surface area contributed by atoms with Crippen LogP contribution < -0.4 is 10.6 Å². The predicted octanol–water partition coefficient (Wildman–Crippen LogP) is 3.00. The van der Waals surface area contributed by atoms with Crippen molar-refractivity contribution in [3.63, 3.8) is 0 Å². The Balaban J connectivity index is 1.66. The van der Waals surface area contributed by atoms with E-state index < -0.39 is 17.7 Å². The normalized spacial score (nSPS) is 15.8. The summed E-state index contributed by atoms with van der Waals surface area (Å²) in [6.45, 7) is 6.83. The number of rotatable bonds is 14. The summed E-state index contributed by atoms with van der Waals surface area (Å²) in [7, 11) is 2.66. The molecule has 2 rings (SSSR count). The molecule has 0 saturated heterocycles. The molecule has 1 aromatic rings. The van der Waals surface area contributed by atoms with Crippen molar-refractivity contribution in [1.82, 2.24) is 15.2 Å². The Morgan fingerprint density at radius 3 is 2.50 bits per heavy atom. The molecule has 36 heavy (non-hydrogen) atoms. The number of aromatic amines is 1. The SMILES string of the molecule is COC(=O)CC[C@@H](NCCCCCCCN1C=Nc2[nH]c(NC(=O)C(C)(C)C)cc2C1O)C(=O)OC. The summed E-state index contributed by atoms with van der Waals surface area (Å²) < 4.78 is 9.42. The summed E-state index contributed by atoms with van der Waals surface area (Å²) in [6.07, 6.45) is 6.11. The second-order valence-electron chi connectivity index (χ2n) is 9.96. The molecule has 1 unspecified atom stereocenters. The molecule has 2 heterocycles. The van der Waals surface area contributed by atoms with Crippen molar-refractivity contribution in [3.05, 3.63) is 11.6 Å². The molecular weight excluding hydrogens is 466 g/mol. The predicted molar refractivity (Wildman–Crippen MR) is 137 cm³/mol. The Morgan fingerprint density at radius 1 is 1.14 bits per heavy atom. The number of aliphatic hydroxyl groups excluding tert-OH is 1. The number of aromatic nitrogens is 1. The van der Waals surface area contributed by atoms with E-state index in [1.807, 2.05) is 20.8 Å². The van der Waals surface area contributed by atoms with Crippen LogP contribution in [0.2, 0.25) is 0 Å². The molecule has 4 N–H and O–H groups in total. The van der Waals surface area contributed by atoms with Gasteiger partial charge in [0.15, 0.2) is 6.23 Å². The molecule has 1 aromatic heterocycles. The highest BCUT2D eigenvalue weighted by Crippen LogP contribution is 2.34. The molecule has 0 aliphatic carbocycles. The zero-order valence-corrected chi connectivity index (χ0v) is 22.1. The third kappa shape index (κ3) is 8.94. The maximum atomic E-state index is 12.2. The highest BCUT2D eigenvalue weighted by Gasteiger charge is 2.27. The maximum Gasteiger partial charge on any atom is 0.322 e. The zero-order chi connectivity index (χ0) is 26.7. The van der Waals surface area contributed by atoms with Crippen LogP contribution in [0.25, 0.3) is 0 Å². The molecule has 11 heteroatoms. The highest BCUT2D eigenvalue weighted by molar-refractivity contribution is 5.94. The van der Waals surface area contributed by atoms with Gasteiger partial charge in [0, 0.05) is 23.9 Å². The molecule has 202 valence electrons. The van der Waals surface area contributed by atoms with Gasteiger partial charge in [-0.1, -0.05) is 40.0 Å².